The van der Waals surface area contributed by atoms with E-state index in [1.54, 1.807) is 29.5 Å². The zero-order valence-electron chi connectivity index (χ0n) is 8.82. The Bertz CT molecular complexity index is 662. The van der Waals surface area contributed by atoms with Gasteiger partial charge in [-0.15, -0.1) is 5.10 Å². The van der Waals surface area contributed by atoms with Crippen LogP contribution >= 0.6 is 0 Å². The first-order valence-electron chi connectivity index (χ1n) is 5.08. The Balaban J connectivity index is 2.01. The highest BCUT2D eigenvalue weighted by atomic mass is 16.1. The van der Waals surface area contributed by atoms with Gasteiger partial charge in [-0.3, -0.25) is 4.57 Å². The number of nitrogens with zero attached hydrogens (tertiary/aromatic N) is 4. The molecule has 0 unspecified atom stereocenters. The molecule has 0 aliphatic rings. The summed E-state index contributed by atoms with van der Waals surface area (Å²) in [5.41, 5.74) is 1.55. The van der Waals surface area contributed by atoms with Crippen LogP contribution in [-0.2, 0) is 0 Å². The van der Waals surface area contributed by atoms with E-state index >= 15 is 0 Å². The molecule has 0 radical (unpaired) electrons. The van der Waals surface area contributed by atoms with E-state index in [9.17, 15) is 4.79 Å². The van der Waals surface area contributed by atoms with Crippen LogP contribution in [0.25, 0.3) is 11.4 Å². The number of aromatic nitrogens is 5. The van der Waals surface area contributed by atoms with Crippen LogP contribution in [0.5, 0.6) is 0 Å². The lowest BCUT2D eigenvalue weighted by molar-refractivity contribution is 0.802. The second-order valence-electron chi connectivity index (χ2n) is 3.50. The van der Waals surface area contributed by atoms with E-state index in [0.29, 0.717) is 0 Å². The summed E-state index contributed by atoms with van der Waals surface area (Å²) in [5.74, 6) is 0. The molecule has 6 nitrogen and oxygen atoms in total. The monoisotopic (exact) mass is 227 g/mol. The van der Waals surface area contributed by atoms with Crippen molar-refractivity contribution in [3.63, 3.8) is 0 Å². The van der Waals surface area contributed by atoms with Gasteiger partial charge in [0.05, 0.1) is 23.8 Å². The summed E-state index contributed by atoms with van der Waals surface area (Å²) >= 11 is 0. The van der Waals surface area contributed by atoms with E-state index < -0.39 is 0 Å². The molecule has 0 saturated heterocycles. The van der Waals surface area contributed by atoms with Crippen molar-refractivity contribution in [1.29, 1.82) is 0 Å². The first-order valence-corrected chi connectivity index (χ1v) is 5.08. The highest BCUT2D eigenvalue weighted by molar-refractivity contribution is 5.40. The van der Waals surface area contributed by atoms with Gasteiger partial charge in [-0.25, -0.2) is 9.48 Å². The molecule has 0 bridgehead atoms. The van der Waals surface area contributed by atoms with Crippen molar-refractivity contribution in [2.45, 2.75) is 0 Å². The molecule has 1 aromatic carbocycles. The third-order valence-electron chi connectivity index (χ3n) is 2.46. The summed E-state index contributed by atoms with van der Waals surface area (Å²) < 4.78 is 3.19. The lowest BCUT2D eigenvalue weighted by Crippen LogP contribution is -2.13. The third-order valence-corrected chi connectivity index (χ3v) is 2.46. The second-order valence-corrected chi connectivity index (χ2v) is 3.50. The number of benzene rings is 1. The normalized spacial score (nSPS) is 10.6. The summed E-state index contributed by atoms with van der Waals surface area (Å²) in [7, 11) is 0. The Morgan fingerprint density at radius 3 is 2.41 bits per heavy atom. The van der Waals surface area contributed by atoms with Gasteiger partial charge in [-0.05, 0) is 24.3 Å². The summed E-state index contributed by atoms with van der Waals surface area (Å²) in [6.07, 6.45) is 6.67. The van der Waals surface area contributed by atoms with Gasteiger partial charge in [0, 0.05) is 12.4 Å². The lowest BCUT2D eigenvalue weighted by atomic mass is 10.3. The zero-order chi connectivity index (χ0) is 11.7. The molecule has 0 saturated carbocycles. The fourth-order valence-corrected chi connectivity index (χ4v) is 1.64. The minimum atomic E-state index is -0.154. The van der Waals surface area contributed by atoms with E-state index in [4.69, 9.17) is 0 Å². The Labute approximate surface area is 96.1 Å². The number of H-pyrrole nitrogens is 1. The Kier molecular flexibility index (Phi) is 2.11. The van der Waals surface area contributed by atoms with Gasteiger partial charge in [0.25, 0.3) is 0 Å². The largest absolute Gasteiger partial charge is 0.330 e. The smallest absolute Gasteiger partial charge is 0.312 e. The maximum Gasteiger partial charge on any atom is 0.330 e. The third kappa shape index (κ3) is 1.65. The van der Waals surface area contributed by atoms with Gasteiger partial charge in [0.1, 0.15) is 0 Å². The molecule has 6 heteroatoms. The van der Waals surface area contributed by atoms with Crippen molar-refractivity contribution in [1.82, 2.24) is 24.5 Å². The van der Waals surface area contributed by atoms with Crippen molar-refractivity contribution in [2.75, 3.05) is 0 Å². The Morgan fingerprint density at radius 1 is 1.06 bits per heavy atom. The van der Waals surface area contributed by atoms with Crippen LogP contribution < -0.4 is 5.69 Å². The van der Waals surface area contributed by atoms with Gasteiger partial charge in [-0.1, -0.05) is 5.21 Å². The number of hydrogen-bond donors (Lipinski definition) is 1. The van der Waals surface area contributed by atoms with Crippen LogP contribution in [0.1, 0.15) is 0 Å². The quantitative estimate of drug-likeness (QED) is 0.702. The fourth-order valence-electron chi connectivity index (χ4n) is 1.64. The van der Waals surface area contributed by atoms with E-state index in [0.717, 1.165) is 11.4 Å². The van der Waals surface area contributed by atoms with Gasteiger partial charge in [0.2, 0.25) is 0 Å². The highest BCUT2D eigenvalue weighted by Gasteiger charge is 2.01. The Morgan fingerprint density at radius 2 is 1.82 bits per heavy atom. The van der Waals surface area contributed by atoms with Crippen LogP contribution in [0, 0.1) is 0 Å². The van der Waals surface area contributed by atoms with Crippen LogP contribution in [0.3, 0.4) is 0 Å². The molecular weight excluding hydrogens is 218 g/mol. The average molecular weight is 227 g/mol. The minimum Gasteiger partial charge on any atom is -0.312 e. The maximum atomic E-state index is 11.4. The van der Waals surface area contributed by atoms with Crippen molar-refractivity contribution in [3.8, 4) is 11.4 Å². The van der Waals surface area contributed by atoms with Gasteiger partial charge in [-0.2, -0.15) is 0 Å². The number of aromatic amines is 1. The fraction of sp³-hybridized carbons (Fsp3) is 0. The molecule has 3 aromatic rings. The molecule has 0 spiro atoms. The SMILES string of the molecule is O=c1[nH]ccn1-c1ccc(-n2ccnn2)cc1. The standard InChI is InChI=1S/C11H9N5O/c17-11-12-5-7-15(11)9-1-3-10(4-2-9)16-8-6-13-14-16/h1-8H,(H,12,17). The number of hydrogen-bond acceptors (Lipinski definition) is 3. The van der Waals surface area contributed by atoms with Gasteiger partial charge < -0.3 is 4.98 Å². The van der Waals surface area contributed by atoms with E-state index in [-0.39, 0.29) is 5.69 Å². The summed E-state index contributed by atoms with van der Waals surface area (Å²) in [5, 5.41) is 7.63. The average Bonchev–Trinajstić information content (AvgIpc) is 3.00. The predicted octanol–water partition coefficient (Wildman–Crippen LogP) is 0.746. The van der Waals surface area contributed by atoms with E-state index in [1.807, 2.05) is 24.3 Å². The Hall–Kier alpha value is -2.63. The molecule has 0 amide bonds. The highest BCUT2D eigenvalue weighted by Crippen LogP contribution is 2.10. The van der Waals surface area contributed by atoms with Crippen molar-refractivity contribution < 1.29 is 0 Å². The van der Waals surface area contributed by atoms with Gasteiger partial charge >= 0.3 is 5.69 Å². The van der Waals surface area contributed by atoms with E-state index in [2.05, 4.69) is 15.3 Å². The molecule has 1 N–H and O–H groups in total. The van der Waals surface area contributed by atoms with Crippen molar-refractivity contribution in [2.24, 2.45) is 0 Å². The first-order chi connectivity index (χ1) is 8.34. The summed E-state index contributed by atoms with van der Waals surface area (Å²) in [4.78, 5) is 14.0. The summed E-state index contributed by atoms with van der Waals surface area (Å²) in [6.45, 7) is 0. The van der Waals surface area contributed by atoms with Crippen molar-refractivity contribution in [3.05, 3.63) is 59.5 Å². The molecule has 2 aromatic heterocycles. The number of imidazole rings is 1. The van der Waals surface area contributed by atoms with Crippen molar-refractivity contribution >= 4 is 0 Å². The van der Waals surface area contributed by atoms with Crippen LogP contribution in [0.15, 0.2) is 53.8 Å². The molecular formula is C11H9N5O. The topological polar surface area (TPSA) is 68.5 Å². The molecule has 2 heterocycles. The van der Waals surface area contributed by atoms with Crippen LogP contribution in [0.4, 0.5) is 0 Å². The molecule has 84 valence electrons. The van der Waals surface area contributed by atoms with Crippen LogP contribution in [0.2, 0.25) is 0 Å². The zero-order valence-corrected chi connectivity index (χ0v) is 8.82. The number of nitrogens with one attached hydrogen (secondary N) is 1. The first kappa shape index (κ1) is 9.59. The summed E-state index contributed by atoms with van der Waals surface area (Å²) in [6, 6.07) is 7.46. The molecule has 0 fully saturated rings. The lowest BCUT2D eigenvalue weighted by Gasteiger charge is -2.03. The molecule has 3 rings (SSSR count). The second kappa shape index (κ2) is 3.75. The van der Waals surface area contributed by atoms with Gasteiger partial charge in [0.15, 0.2) is 0 Å². The molecule has 0 aliphatic heterocycles. The number of rotatable bonds is 2. The molecule has 0 atom stereocenters. The van der Waals surface area contributed by atoms with Crippen LogP contribution in [-0.4, -0.2) is 24.5 Å². The molecule has 0 aliphatic carbocycles. The molecule has 17 heavy (non-hydrogen) atoms. The predicted molar refractivity (Wildman–Crippen MR) is 61.3 cm³/mol. The maximum absolute atomic E-state index is 11.4. The minimum absolute atomic E-state index is 0.154. The van der Waals surface area contributed by atoms with E-state index in [1.165, 1.54) is 4.57 Å².